The highest BCUT2D eigenvalue weighted by Gasteiger charge is 2.29. The molecule has 0 aromatic heterocycles. The van der Waals surface area contributed by atoms with E-state index in [1.54, 1.807) is 0 Å². The summed E-state index contributed by atoms with van der Waals surface area (Å²) in [6.45, 7) is 2.80. The maximum atomic E-state index is 12.2. The molecule has 2 aliphatic rings. The molecule has 0 bridgehead atoms. The maximum Gasteiger partial charge on any atom is 0.238 e. The quantitative estimate of drug-likeness (QED) is 0.571. The van der Waals surface area contributed by atoms with Crippen molar-refractivity contribution in [1.82, 2.24) is 16.2 Å². The van der Waals surface area contributed by atoms with Crippen LogP contribution in [0.25, 0.3) is 0 Å². The minimum Gasteiger partial charge on any atom is -0.379 e. The van der Waals surface area contributed by atoms with Gasteiger partial charge < -0.3 is 14.8 Å². The van der Waals surface area contributed by atoms with Crippen LogP contribution in [0.5, 0.6) is 0 Å². The second-order valence-electron chi connectivity index (χ2n) is 6.54. The number of halogens is 1. The third kappa shape index (κ3) is 5.76. The van der Waals surface area contributed by atoms with E-state index in [4.69, 9.17) is 9.47 Å². The normalized spacial score (nSPS) is 26.0. The van der Waals surface area contributed by atoms with Gasteiger partial charge in [-0.25, -0.2) is 10.9 Å². The number of hydrazine groups is 1. The predicted molar refractivity (Wildman–Crippen MR) is 99.0 cm³/mol. The van der Waals surface area contributed by atoms with Gasteiger partial charge in [-0.2, -0.15) is 0 Å². The molecule has 0 spiro atoms. The van der Waals surface area contributed by atoms with Gasteiger partial charge in [0.1, 0.15) is 6.04 Å². The molecule has 138 valence electrons. The maximum absolute atomic E-state index is 12.2. The van der Waals surface area contributed by atoms with Crippen LogP contribution in [0.15, 0.2) is 28.7 Å². The average molecular weight is 412 g/mol. The Balaban J connectivity index is 1.29. The molecule has 6 nitrogen and oxygen atoms in total. The summed E-state index contributed by atoms with van der Waals surface area (Å²) >= 11 is 3.44. The second kappa shape index (κ2) is 9.64. The first-order valence-electron chi connectivity index (χ1n) is 8.96. The van der Waals surface area contributed by atoms with Crippen LogP contribution in [0.3, 0.4) is 0 Å². The molecule has 3 rings (SSSR count). The van der Waals surface area contributed by atoms with E-state index in [1.807, 2.05) is 12.1 Å². The molecular formula is C18H26BrN3O3. The van der Waals surface area contributed by atoms with Crippen LogP contribution in [-0.4, -0.2) is 44.4 Å². The predicted octanol–water partition coefficient (Wildman–Crippen LogP) is 2.06. The SMILES string of the molecule is O=C(NCCCOCC1CCCO1)C1CC(c2ccc(Br)cc2)NN1. The molecule has 3 unspecified atom stereocenters. The van der Waals surface area contributed by atoms with Crippen molar-refractivity contribution in [2.24, 2.45) is 0 Å². The van der Waals surface area contributed by atoms with E-state index in [9.17, 15) is 4.79 Å². The van der Waals surface area contributed by atoms with Crippen LogP contribution in [0.2, 0.25) is 0 Å². The average Bonchev–Trinajstić information content (AvgIpc) is 3.30. The molecule has 2 heterocycles. The summed E-state index contributed by atoms with van der Waals surface area (Å²) in [5.74, 6) is 0.0336. The molecule has 2 aliphatic heterocycles. The standard InChI is InChI=1S/C18H26BrN3O3/c19-14-6-4-13(5-7-14)16-11-17(22-21-16)18(23)20-8-2-9-24-12-15-3-1-10-25-15/h4-7,15-17,21-22H,1-3,8-12H2,(H,20,23). The molecule has 0 aliphatic carbocycles. The summed E-state index contributed by atoms with van der Waals surface area (Å²) in [6.07, 6.45) is 4.04. The van der Waals surface area contributed by atoms with Crippen molar-refractivity contribution < 1.29 is 14.3 Å². The zero-order valence-electron chi connectivity index (χ0n) is 14.3. The van der Waals surface area contributed by atoms with E-state index in [1.165, 1.54) is 5.56 Å². The van der Waals surface area contributed by atoms with E-state index in [0.717, 1.165) is 36.8 Å². The van der Waals surface area contributed by atoms with Crippen molar-refractivity contribution in [3.05, 3.63) is 34.3 Å². The Morgan fingerprint density at radius 1 is 1.32 bits per heavy atom. The first-order chi connectivity index (χ1) is 12.2. The lowest BCUT2D eigenvalue weighted by Gasteiger charge is -2.12. The number of benzene rings is 1. The summed E-state index contributed by atoms with van der Waals surface area (Å²) in [7, 11) is 0. The number of amides is 1. The first kappa shape index (κ1) is 18.8. The zero-order valence-corrected chi connectivity index (χ0v) is 15.9. The number of carbonyl (C=O) groups excluding carboxylic acids is 1. The second-order valence-corrected chi connectivity index (χ2v) is 7.45. The van der Waals surface area contributed by atoms with Gasteiger partial charge in [-0.1, -0.05) is 28.1 Å². The highest BCUT2D eigenvalue weighted by atomic mass is 79.9. The topological polar surface area (TPSA) is 71.6 Å². The third-order valence-corrected chi connectivity index (χ3v) is 5.11. The Kier molecular flexibility index (Phi) is 7.24. The van der Waals surface area contributed by atoms with Gasteiger partial charge in [-0.05, 0) is 43.4 Å². The fraction of sp³-hybridized carbons (Fsp3) is 0.611. The molecule has 1 aromatic rings. The number of rotatable bonds is 8. The van der Waals surface area contributed by atoms with Crippen LogP contribution >= 0.6 is 15.9 Å². The van der Waals surface area contributed by atoms with Gasteiger partial charge in [0.25, 0.3) is 0 Å². The summed E-state index contributed by atoms with van der Waals surface area (Å²) < 4.78 is 12.2. The van der Waals surface area contributed by atoms with E-state index in [-0.39, 0.29) is 24.1 Å². The Hall–Kier alpha value is -0.990. The molecule has 3 atom stereocenters. The minimum absolute atomic E-state index is 0.0336. The van der Waals surface area contributed by atoms with Crippen molar-refractivity contribution in [2.75, 3.05) is 26.4 Å². The van der Waals surface area contributed by atoms with Gasteiger partial charge >= 0.3 is 0 Å². The Morgan fingerprint density at radius 3 is 2.92 bits per heavy atom. The molecule has 7 heteroatoms. The van der Waals surface area contributed by atoms with Crippen LogP contribution in [-0.2, 0) is 14.3 Å². The fourth-order valence-electron chi connectivity index (χ4n) is 3.14. The zero-order chi connectivity index (χ0) is 17.5. The summed E-state index contributed by atoms with van der Waals surface area (Å²) in [6, 6.07) is 8.10. The molecule has 2 fully saturated rings. The summed E-state index contributed by atoms with van der Waals surface area (Å²) in [5, 5.41) is 2.97. The molecule has 3 N–H and O–H groups in total. The first-order valence-corrected chi connectivity index (χ1v) is 9.75. The fourth-order valence-corrected chi connectivity index (χ4v) is 3.41. The van der Waals surface area contributed by atoms with E-state index in [2.05, 4.69) is 44.2 Å². The molecule has 1 aromatic carbocycles. The highest BCUT2D eigenvalue weighted by molar-refractivity contribution is 9.10. The van der Waals surface area contributed by atoms with Gasteiger partial charge in [0.15, 0.2) is 0 Å². The molecule has 0 saturated carbocycles. The largest absolute Gasteiger partial charge is 0.379 e. The van der Waals surface area contributed by atoms with Gasteiger partial charge in [0.2, 0.25) is 5.91 Å². The molecule has 1 amide bonds. The van der Waals surface area contributed by atoms with Crippen molar-refractivity contribution in [2.45, 2.75) is 43.9 Å². The molecule has 25 heavy (non-hydrogen) atoms. The number of carbonyl (C=O) groups is 1. The Morgan fingerprint density at radius 2 is 2.16 bits per heavy atom. The molecule has 2 saturated heterocycles. The van der Waals surface area contributed by atoms with Gasteiger partial charge in [-0.15, -0.1) is 0 Å². The van der Waals surface area contributed by atoms with Gasteiger partial charge in [-0.3, -0.25) is 4.79 Å². The van der Waals surface area contributed by atoms with Crippen molar-refractivity contribution in [1.29, 1.82) is 0 Å². The lowest BCUT2D eigenvalue weighted by molar-refractivity contribution is -0.122. The Bertz CT molecular complexity index is 549. The van der Waals surface area contributed by atoms with Crippen LogP contribution in [0.1, 0.15) is 37.3 Å². The number of hydrogen-bond acceptors (Lipinski definition) is 5. The lowest BCUT2D eigenvalue weighted by atomic mass is 10.0. The van der Waals surface area contributed by atoms with Gasteiger partial charge in [0.05, 0.1) is 12.7 Å². The number of hydrogen-bond donors (Lipinski definition) is 3. The van der Waals surface area contributed by atoms with E-state index >= 15 is 0 Å². The van der Waals surface area contributed by atoms with Gasteiger partial charge in [0, 0.05) is 30.3 Å². The van der Waals surface area contributed by atoms with Crippen molar-refractivity contribution >= 4 is 21.8 Å². The molecule has 0 radical (unpaired) electrons. The third-order valence-electron chi connectivity index (χ3n) is 4.58. The monoisotopic (exact) mass is 411 g/mol. The van der Waals surface area contributed by atoms with E-state index in [0.29, 0.717) is 19.8 Å². The highest BCUT2D eigenvalue weighted by Crippen LogP contribution is 2.23. The van der Waals surface area contributed by atoms with Crippen LogP contribution in [0.4, 0.5) is 0 Å². The van der Waals surface area contributed by atoms with Crippen LogP contribution < -0.4 is 16.2 Å². The minimum atomic E-state index is -0.207. The van der Waals surface area contributed by atoms with E-state index < -0.39 is 0 Å². The van der Waals surface area contributed by atoms with Crippen molar-refractivity contribution in [3.8, 4) is 0 Å². The smallest absolute Gasteiger partial charge is 0.238 e. The summed E-state index contributed by atoms with van der Waals surface area (Å²) in [4.78, 5) is 12.2. The van der Waals surface area contributed by atoms with Crippen LogP contribution in [0, 0.1) is 0 Å². The van der Waals surface area contributed by atoms with Crippen molar-refractivity contribution in [3.63, 3.8) is 0 Å². The summed E-state index contributed by atoms with van der Waals surface area (Å²) in [5.41, 5.74) is 7.46. The molecular weight excluding hydrogens is 386 g/mol. The number of ether oxygens (including phenoxy) is 2. The Labute approximate surface area is 157 Å². The number of nitrogens with one attached hydrogen (secondary N) is 3. The lowest BCUT2D eigenvalue weighted by Crippen LogP contribution is -2.43.